The van der Waals surface area contributed by atoms with Crippen molar-refractivity contribution in [2.24, 2.45) is 0 Å². The lowest BCUT2D eigenvalue weighted by molar-refractivity contribution is 0.180. The second kappa shape index (κ2) is 8.52. The number of benzene rings is 1. The van der Waals surface area contributed by atoms with Gasteiger partial charge in [0.2, 0.25) is 0 Å². The van der Waals surface area contributed by atoms with Gasteiger partial charge in [0.25, 0.3) is 0 Å². The highest BCUT2D eigenvalue weighted by Gasteiger charge is 2.09. The minimum Gasteiger partial charge on any atom is -0.393 e. The molecule has 0 saturated carbocycles. The molecule has 0 heterocycles. The summed E-state index contributed by atoms with van der Waals surface area (Å²) < 4.78 is 0. The first-order valence-corrected chi connectivity index (χ1v) is 7.18. The number of rotatable bonds is 8. The van der Waals surface area contributed by atoms with Crippen molar-refractivity contribution in [2.75, 3.05) is 6.54 Å². The molecule has 0 aliphatic heterocycles. The summed E-state index contributed by atoms with van der Waals surface area (Å²) in [7, 11) is 0. The predicted molar refractivity (Wildman–Crippen MR) is 78.0 cm³/mol. The summed E-state index contributed by atoms with van der Waals surface area (Å²) in [5.74, 6) is 0. The van der Waals surface area contributed by atoms with E-state index in [-0.39, 0.29) is 6.10 Å². The second-order valence-electron chi connectivity index (χ2n) is 4.84. The van der Waals surface area contributed by atoms with Gasteiger partial charge in [0, 0.05) is 11.1 Å². The van der Waals surface area contributed by atoms with E-state index in [1.807, 2.05) is 19.1 Å². The minimum absolute atomic E-state index is 0.202. The molecule has 1 aromatic rings. The standard InChI is InChI=1S/C15H24ClNO/c1-3-5-15(17-11-4-6-12(2)18)13-7-9-14(16)10-8-13/h7-10,12,15,17-18H,3-6,11H2,1-2H3. The van der Waals surface area contributed by atoms with Gasteiger partial charge in [0.15, 0.2) is 0 Å². The van der Waals surface area contributed by atoms with Gasteiger partial charge in [-0.05, 0) is 50.4 Å². The van der Waals surface area contributed by atoms with Crippen LogP contribution in [0.25, 0.3) is 0 Å². The predicted octanol–water partition coefficient (Wildman–Crippen LogP) is 3.93. The van der Waals surface area contributed by atoms with Gasteiger partial charge in [-0.2, -0.15) is 0 Å². The van der Waals surface area contributed by atoms with Gasteiger partial charge in [-0.25, -0.2) is 0 Å². The molecule has 0 radical (unpaired) electrons. The Bertz CT molecular complexity index is 324. The fraction of sp³-hybridized carbons (Fsp3) is 0.600. The highest BCUT2D eigenvalue weighted by molar-refractivity contribution is 6.30. The molecular weight excluding hydrogens is 246 g/mol. The van der Waals surface area contributed by atoms with Crippen LogP contribution in [0.4, 0.5) is 0 Å². The van der Waals surface area contributed by atoms with Crippen LogP contribution in [0.15, 0.2) is 24.3 Å². The Kier molecular flexibility index (Phi) is 7.33. The molecule has 0 saturated heterocycles. The summed E-state index contributed by atoms with van der Waals surface area (Å²) in [5.41, 5.74) is 1.29. The van der Waals surface area contributed by atoms with E-state index in [2.05, 4.69) is 24.4 Å². The van der Waals surface area contributed by atoms with Crippen molar-refractivity contribution in [1.29, 1.82) is 0 Å². The van der Waals surface area contributed by atoms with Crippen molar-refractivity contribution >= 4 is 11.6 Å². The molecule has 0 spiro atoms. The summed E-state index contributed by atoms with van der Waals surface area (Å²) in [5, 5.41) is 13.6. The van der Waals surface area contributed by atoms with Crippen LogP contribution >= 0.6 is 11.6 Å². The highest BCUT2D eigenvalue weighted by atomic mass is 35.5. The van der Waals surface area contributed by atoms with Crippen molar-refractivity contribution < 1.29 is 5.11 Å². The topological polar surface area (TPSA) is 32.3 Å². The first-order valence-electron chi connectivity index (χ1n) is 6.80. The Labute approximate surface area is 115 Å². The number of hydrogen-bond donors (Lipinski definition) is 2. The van der Waals surface area contributed by atoms with Gasteiger partial charge in [0.05, 0.1) is 6.10 Å². The molecule has 0 aromatic heterocycles. The molecule has 2 N–H and O–H groups in total. The maximum absolute atomic E-state index is 9.23. The Morgan fingerprint density at radius 3 is 2.44 bits per heavy atom. The smallest absolute Gasteiger partial charge is 0.0512 e. The Morgan fingerprint density at radius 2 is 1.89 bits per heavy atom. The third-order valence-corrected chi connectivity index (χ3v) is 3.29. The van der Waals surface area contributed by atoms with E-state index in [1.165, 1.54) is 5.56 Å². The molecule has 0 bridgehead atoms. The van der Waals surface area contributed by atoms with Gasteiger partial charge >= 0.3 is 0 Å². The highest BCUT2D eigenvalue weighted by Crippen LogP contribution is 2.20. The number of halogens is 1. The molecule has 102 valence electrons. The number of aliphatic hydroxyl groups excluding tert-OH is 1. The van der Waals surface area contributed by atoms with Crippen LogP contribution in [-0.4, -0.2) is 17.8 Å². The quantitative estimate of drug-likeness (QED) is 0.701. The molecule has 2 unspecified atom stereocenters. The van der Waals surface area contributed by atoms with E-state index >= 15 is 0 Å². The van der Waals surface area contributed by atoms with Crippen LogP contribution in [0.1, 0.15) is 51.1 Å². The SMILES string of the molecule is CCCC(NCCCC(C)O)c1ccc(Cl)cc1. The zero-order valence-corrected chi connectivity index (χ0v) is 12.1. The minimum atomic E-state index is -0.202. The van der Waals surface area contributed by atoms with Gasteiger partial charge in [-0.3, -0.25) is 0 Å². The van der Waals surface area contributed by atoms with Crippen LogP contribution in [0.5, 0.6) is 0 Å². The van der Waals surface area contributed by atoms with Crippen LogP contribution < -0.4 is 5.32 Å². The summed E-state index contributed by atoms with van der Waals surface area (Å²) in [6, 6.07) is 8.45. The van der Waals surface area contributed by atoms with Crippen LogP contribution in [-0.2, 0) is 0 Å². The van der Waals surface area contributed by atoms with E-state index in [1.54, 1.807) is 0 Å². The molecule has 0 amide bonds. The first kappa shape index (κ1) is 15.5. The normalized spacial score (nSPS) is 14.4. The van der Waals surface area contributed by atoms with Crippen molar-refractivity contribution in [1.82, 2.24) is 5.32 Å². The van der Waals surface area contributed by atoms with E-state index in [0.717, 1.165) is 37.3 Å². The molecule has 2 atom stereocenters. The van der Waals surface area contributed by atoms with Crippen LogP contribution in [0.3, 0.4) is 0 Å². The zero-order valence-electron chi connectivity index (χ0n) is 11.3. The van der Waals surface area contributed by atoms with Crippen molar-refractivity contribution in [2.45, 2.75) is 51.7 Å². The summed E-state index contributed by atoms with van der Waals surface area (Å²) in [6.07, 6.45) is 3.93. The van der Waals surface area contributed by atoms with E-state index < -0.39 is 0 Å². The van der Waals surface area contributed by atoms with Crippen molar-refractivity contribution in [3.63, 3.8) is 0 Å². The molecule has 3 heteroatoms. The lowest BCUT2D eigenvalue weighted by Crippen LogP contribution is -2.23. The lowest BCUT2D eigenvalue weighted by Gasteiger charge is -2.19. The number of nitrogens with one attached hydrogen (secondary N) is 1. The molecular formula is C15H24ClNO. The summed E-state index contributed by atoms with van der Waals surface area (Å²) >= 11 is 5.91. The number of aliphatic hydroxyl groups is 1. The van der Waals surface area contributed by atoms with Gasteiger partial charge in [-0.1, -0.05) is 37.1 Å². The third kappa shape index (κ3) is 5.85. The summed E-state index contributed by atoms with van der Waals surface area (Å²) in [4.78, 5) is 0. The zero-order chi connectivity index (χ0) is 13.4. The molecule has 1 rings (SSSR count). The monoisotopic (exact) mass is 269 g/mol. The van der Waals surface area contributed by atoms with Crippen molar-refractivity contribution in [3.8, 4) is 0 Å². The van der Waals surface area contributed by atoms with Gasteiger partial charge in [-0.15, -0.1) is 0 Å². The van der Waals surface area contributed by atoms with E-state index in [9.17, 15) is 5.11 Å². The van der Waals surface area contributed by atoms with Crippen LogP contribution in [0, 0.1) is 0 Å². The lowest BCUT2D eigenvalue weighted by atomic mass is 10.0. The van der Waals surface area contributed by atoms with E-state index in [0.29, 0.717) is 6.04 Å². The third-order valence-electron chi connectivity index (χ3n) is 3.04. The largest absolute Gasteiger partial charge is 0.393 e. The second-order valence-corrected chi connectivity index (χ2v) is 5.27. The number of hydrogen-bond acceptors (Lipinski definition) is 2. The van der Waals surface area contributed by atoms with E-state index in [4.69, 9.17) is 11.6 Å². The summed E-state index contributed by atoms with van der Waals surface area (Å²) in [6.45, 7) is 4.97. The molecule has 2 nitrogen and oxygen atoms in total. The maximum Gasteiger partial charge on any atom is 0.0512 e. The molecule has 1 aromatic carbocycles. The fourth-order valence-electron chi connectivity index (χ4n) is 2.04. The Morgan fingerprint density at radius 1 is 1.22 bits per heavy atom. The molecule has 0 aliphatic rings. The van der Waals surface area contributed by atoms with Crippen LogP contribution in [0.2, 0.25) is 5.02 Å². The first-order chi connectivity index (χ1) is 8.63. The molecule has 18 heavy (non-hydrogen) atoms. The molecule has 0 fully saturated rings. The van der Waals surface area contributed by atoms with Gasteiger partial charge < -0.3 is 10.4 Å². The Hall–Kier alpha value is -0.570. The average Bonchev–Trinajstić information content (AvgIpc) is 2.34. The maximum atomic E-state index is 9.23. The van der Waals surface area contributed by atoms with Gasteiger partial charge in [0.1, 0.15) is 0 Å². The van der Waals surface area contributed by atoms with Crippen molar-refractivity contribution in [3.05, 3.63) is 34.9 Å². The Balaban J connectivity index is 2.46. The fourth-order valence-corrected chi connectivity index (χ4v) is 2.17. The molecule has 0 aliphatic carbocycles. The average molecular weight is 270 g/mol.